The first kappa shape index (κ1) is 19.9. The lowest BCUT2D eigenvalue weighted by molar-refractivity contribution is 0.0948. The maximum atomic E-state index is 13.4. The fourth-order valence-electron chi connectivity index (χ4n) is 3.42. The Morgan fingerprint density at radius 3 is 2.59 bits per heavy atom. The van der Waals surface area contributed by atoms with Crippen LogP contribution in [0.3, 0.4) is 0 Å². The normalized spacial score (nSPS) is 11.1. The summed E-state index contributed by atoms with van der Waals surface area (Å²) in [6.07, 6.45) is 6.56. The number of amides is 1. The number of carbonyl (C=O) groups excluding carboxylic acids is 1. The van der Waals surface area contributed by atoms with Crippen molar-refractivity contribution in [2.75, 3.05) is 0 Å². The average Bonchev–Trinajstić information content (AvgIpc) is 3.44. The van der Waals surface area contributed by atoms with Crippen LogP contribution in [0, 0.1) is 5.82 Å². The summed E-state index contributed by atoms with van der Waals surface area (Å²) in [6.45, 7) is 0.331. The summed E-state index contributed by atoms with van der Waals surface area (Å²) in [5.74, 6) is -0.148. The third-order valence-corrected chi connectivity index (χ3v) is 5.22. The smallest absolute Gasteiger partial charge is 0.272 e. The first-order chi connectivity index (χ1) is 15.6. The van der Waals surface area contributed by atoms with E-state index in [1.54, 1.807) is 64.2 Å². The second-order valence-corrected chi connectivity index (χ2v) is 7.47. The number of hydrogen-bond acceptors (Lipinski definition) is 4. The minimum atomic E-state index is -0.334. The van der Waals surface area contributed by atoms with Gasteiger partial charge in [0.05, 0.1) is 23.6 Å². The van der Waals surface area contributed by atoms with Crippen molar-refractivity contribution in [3.8, 4) is 17.2 Å². The Bertz CT molecular complexity index is 1410. The molecular weight excluding hydrogens is 431 g/mol. The quantitative estimate of drug-likeness (QED) is 0.436. The Labute approximate surface area is 187 Å². The number of imidazole rings is 1. The van der Waals surface area contributed by atoms with Gasteiger partial charge in [-0.25, -0.2) is 14.1 Å². The molecule has 5 aromatic rings. The SMILES string of the molecule is O=C(NCc1ccc(Cl)cc1)c1nc(-c2ccnn2-c2ccc(F)cc2)n2ccncc12. The van der Waals surface area contributed by atoms with Crippen LogP contribution in [-0.2, 0) is 6.54 Å². The van der Waals surface area contributed by atoms with E-state index in [0.29, 0.717) is 34.3 Å². The standard InChI is InChI=1S/C23H16ClFN6O/c24-16-3-1-15(2-4-16)13-27-23(32)21-20-14-26-11-12-30(20)22(29-21)19-9-10-28-31(19)18-7-5-17(25)6-8-18/h1-12,14H,13H2,(H,27,32). The molecule has 0 spiro atoms. The topological polar surface area (TPSA) is 77.1 Å². The van der Waals surface area contributed by atoms with E-state index < -0.39 is 0 Å². The molecule has 9 heteroatoms. The van der Waals surface area contributed by atoms with Gasteiger partial charge in [0.15, 0.2) is 11.5 Å². The summed E-state index contributed by atoms with van der Waals surface area (Å²) in [5, 5.41) is 7.87. The molecule has 1 amide bonds. The van der Waals surface area contributed by atoms with Crippen molar-refractivity contribution in [1.29, 1.82) is 0 Å². The first-order valence-electron chi connectivity index (χ1n) is 9.75. The summed E-state index contributed by atoms with van der Waals surface area (Å²) in [5.41, 5.74) is 3.04. The zero-order chi connectivity index (χ0) is 22.1. The van der Waals surface area contributed by atoms with Crippen LogP contribution in [0.5, 0.6) is 0 Å². The number of benzene rings is 2. The van der Waals surface area contributed by atoms with Crippen molar-refractivity contribution in [2.45, 2.75) is 6.54 Å². The molecule has 158 valence electrons. The number of halogens is 2. The number of nitrogens with zero attached hydrogens (tertiary/aromatic N) is 5. The Kier molecular flexibility index (Phi) is 5.12. The van der Waals surface area contributed by atoms with E-state index in [9.17, 15) is 9.18 Å². The predicted octanol–water partition coefficient (Wildman–Crippen LogP) is 4.30. The predicted molar refractivity (Wildman–Crippen MR) is 118 cm³/mol. The van der Waals surface area contributed by atoms with E-state index in [-0.39, 0.29) is 17.4 Å². The highest BCUT2D eigenvalue weighted by atomic mass is 35.5. The number of nitrogens with one attached hydrogen (secondary N) is 1. The third-order valence-electron chi connectivity index (χ3n) is 4.97. The van der Waals surface area contributed by atoms with Gasteiger partial charge in [0.2, 0.25) is 0 Å². The molecule has 5 rings (SSSR count). The van der Waals surface area contributed by atoms with Crippen molar-refractivity contribution in [3.05, 3.63) is 101 Å². The molecule has 0 bridgehead atoms. The van der Waals surface area contributed by atoms with Gasteiger partial charge in [-0.15, -0.1) is 0 Å². The van der Waals surface area contributed by atoms with E-state index in [0.717, 1.165) is 5.56 Å². The zero-order valence-corrected chi connectivity index (χ0v) is 17.4. The van der Waals surface area contributed by atoms with Crippen LogP contribution in [0.25, 0.3) is 22.7 Å². The van der Waals surface area contributed by atoms with Crippen LogP contribution >= 0.6 is 11.6 Å². The van der Waals surface area contributed by atoms with E-state index in [4.69, 9.17) is 11.6 Å². The highest BCUT2D eigenvalue weighted by Gasteiger charge is 2.21. The molecular formula is C23H16ClFN6O. The third kappa shape index (κ3) is 3.72. The molecule has 0 fully saturated rings. The molecule has 0 aliphatic rings. The number of rotatable bonds is 5. The second kappa shape index (κ2) is 8.24. The lowest BCUT2D eigenvalue weighted by Crippen LogP contribution is -2.23. The van der Waals surface area contributed by atoms with Gasteiger partial charge in [0.1, 0.15) is 11.5 Å². The Balaban J connectivity index is 1.51. The van der Waals surface area contributed by atoms with Gasteiger partial charge in [-0.05, 0) is 48.0 Å². The minimum absolute atomic E-state index is 0.244. The van der Waals surface area contributed by atoms with Crippen molar-refractivity contribution in [1.82, 2.24) is 29.5 Å². The molecule has 0 saturated carbocycles. The van der Waals surface area contributed by atoms with Crippen molar-refractivity contribution in [3.63, 3.8) is 0 Å². The Morgan fingerprint density at radius 1 is 1.03 bits per heavy atom. The summed E-state index contributed by atoms with van der Waals surface area (Å²) < 4.78 is 16.8. The van der Waals surface area contributed by atoms with Crippen LogP contribution in [0.1, 0.15) is 16.1 Å². The second-order valence-electron chi connectivity index (χ2n) is 7.03. The van der Waals surface area contributed by atoms with E-state index >= 15 is 0 Å². The van der Waals surface area contributed by atoms with Gasteiger partial charge in [-0.2, -0.15) is 5.10 Å². The van der Waals surface area contributed by atoms with Gasteiger partial charge in [0.25, 0.3) is 5.91 Å². The van der Waals surface area contributed by atoms with Gasteiger partial charge < -0.3 is 5.32 Å². The monoisotopic (exact) mass is 446 g/mol. The Hall–Kier alpha value is -4.04. The van der Waals surface area contributed by atoms with E-state index in [1.807, 2.05) is 12.1 Å². The number of carbonyl (C=O) groups is 1. The average molecular weight is 447 g/mol. The van der Waals surface area contributed by atoms with Crippen molar-refractivity contribution in [2.24, 2.45) is 0 Å². The molecule has 0 atom stereocenters. The molecule has 3 aromatic heterocycles. The van der Waals surface area contributed by atoms with Crippen LogP contribution in [0.4, 0.5) is 4.39 Å². The highest BCUT2D eigenvalue weighted by Crippen LogP contribution is 2.25. The van der Waals surface area contributed by atoms with Gasteiger partial charge in [-0.1, -0.05) is 23.7 Å². The molecule has 0 aliphatic heterocycles. The summed E-state index contributed by atoms with van der Waals surface area (Å²) in [6, 6.07) is 15.0. The van der Waals surface area contributed by atoms with Crippen molar-refractivity contribution < 1.29 is 9.18 Å². The molecule has 1 N–H and O–H groups in total. The minimum Gasteiger partial charge on any atom is -0.347 e. The summed E-state index contributed by atoms with van der Waals surface area (Å²) in [7, 11) is 0. The fraction of sp³-hybridized carbons (Fsp3) is 0.0435. The van der Waals surface area contributed by atoms with E-state index in [1.165, 1.54) is 12.1 Å². The van der Waals surface area contributed by atoms with Crippen LogP contribution < -0.4 is 5.32 Å². The van der Waals surface area contributed by atoms with Gasteiger partial charge >= 0.3 is 0 Å². The molecule has 2 aromatic carbocycles. The Morgan fingerprint density at radius 2 is 1.81 bits per heavy atom. The largest absolute Gasteiger partial charge is 0.347 e. The van der Waals surface area contributed by atoms with Crippen LogP contribution in [0.2, 0.25) is 5.02 Å². The molecule has 0 radical (unpaired) electrons. The molecule has 7 nitrogen and oxygen atoms in total. The first-order valence-corrected chi connectivity index (χ1v) is 10.1. The number of aromatic nitrogens is 5. The summed E-state index contributed by atoms with van der Waals surface area (Å²) in [4.78, 5) is 21.7. The molecule has 3 heterocycles. The zero-order valence-electron chi connectivity index (χ0n) is 16.6. The molecule has 0 unspecified atom stereocenters. The van der Waals surface area contributed by atoms with E-state index in [2.05, 4.69) is 20.4 Å². The lowest BCUT2D eigenvalue weighted by atomic mass is 10.2. The fourth-order valence-corrected chi connectivity index (χ4v) is 3.54. The molecule has 0 aliphatic carbocycles. The van der Waals surface area contributed by atoms with Gasteiger partial charge in [0, 0.05) is 24.0 Å². The lowest BCUT2D eigenvalue weighted by Gasteiger charge is -2.06. The van der Waals surface area contributed by atoms with Crippen LogP contribution in [-0.4, -0.2) is 30.1 Å². The van der Waals surface area contributed by atoms with Crippen molar-refractivity contribution >= 4 is 23.0 Å². The summed E-state index contributed by atoms with van der Waals surface area (Å²) >= 11 is 5.92. The maximum Gasteiger partial charge on any atom is 0.272 e. The van der Waals surface area contributed by atoms with Gasteiger partial charge in [-0.3, -0.25) is 14.2 Å². The maximum absolute atomic E-state index is 13.4. The number of hydrogen-bond donors (Lipinski definition) is 1. The van der Waals surface area contributed by atoms with Crippen LogP contribution in [0.15, 0.2) is 79.4 Å². The highest BCUT2D eigenvalue weighted by molar-refractivity contribution is 6.30. The molecule has 0 saturated heterocycles. The molecule has 32 heavy (non-hydrogen) atoms. The number of fused-ring (bicyclic) bond motifs is 1.